The summed E-state index contributed by atoms with van der Waals surface area (Å²) >= 11 is 0. The van der Waals surface area contributed by atoms with Gasteiger partial charge in [0.15, 0.2) is 0 Å². The van der Waals surface area contributed by atoms with E-state index in [-0.39, 0.29) is 11.9 Å². The summed E-state index contributed by atoms with van der Waals surface area (Å²) in [6.45, 7) is 6.25. The zero-order chi connectivity index (χ0) is 13.0. The molecule has 3 heteroatoms. The fourth-order valence-corrected chi connectivity index (χ4v) is 2.33. The lowest BCUT2D eigenvalue weighted by Gasteiger charge is -2.30. The molecular weight excluding hydrogens is 224 g/mol. The predicted molar refractivity (Wildman–Crippen MR) is 73.7 cm³/mol. The van der Waals surface area contributed by atoms with Crippen LogP contribution in [-0.2, 0) is 6.42 Å². The summed E-state index contributed by atoms with van der Waals surface area (Å²) < 4.78 is 0. The van der Waals surface area contributed by atoms with Crippen molar-refractivity contribution >= 4 is 5.91 Å². The van der Waals surface area contributed by atoms with E-state index in [9.17, 15) is 4.79 Å². The van der Waals surface area contributed by atoms with Gasteiger partial charge in [0.1, 0.15) is 0 Å². The molecule has 98 valence electrons. The van der Waals surface area contributed by atoms with Gasteiger partial charge in [-0.1, -0.05) is 26.0 Å². The zero-order valence-corrected chi connectivity index (χ0v) is 11.2. The van der Waals surface area contributed by atoms with Gasteiger partial charge in [-0.3, -0.25) is 4.79 Å². The summed E-state index contributed by atoms with van der Waals surface area (Å²) in [4.78, 5) is 12.1. The molecule has 1 aliphatic heterocycles. The van der Waals surface area contributed by atoms with Crippen LogP contribution in [0.2, 0.25) is 0 Å². The minimum atomic E-state index is 0.0400. The van der Waals surface area contributed by atoms with Gasteiger partial charge in [-0.2, -0.15) is 0 Å². The summed E-state index contributed by atoms with van der Waals surface area (Å²) in [6.07, 6.45) is 2.13. The SMILES string of the molecule is CCc1ccc(C(=O)NC2CNCCC2C)cc1. The normalized spacial score (nSPS) is 23.7. The van der Waals surface area contributed by atoms with E-state index in [2.05, 4.69) is 24.5 Å². The van der Waals surface area contributed by atoms with Crippen LogP contribution in [0.4, 0.5) is 0 Å². The first-order chi connectivity index (χ1) is 8.70. The Bertz CT molecular complexity index is 399. The van der Waals surface area contributed by atoms with E-state index in [4.69, 9.17) is 0 Å². The van der Waals surface area contributed by atoms with Crippen molar-refractivity contribution in [1.82, 2.24) is 10.6 Å². The number of piperidine rings is 1. The molecular formula is C15H22N2O. The number of amides is 1. The third kappa shape index (κ3) is 3.10. The molecule has 1 aromatic rings. The van der Waals surface area contributed by atoms with E-state index in [0.29, 0.717) is 5.92 Å². The first-order valence-electron chi connectivity index (χ1n) is 6.81. The van der Waals surface area contributed by atoms with E-state index in [0.717, 1.165) is 31.5 Å². The zero-order valence-electron chi connectivity index (χ0n) is 11.2. The largest absolute Gasteiger partial charge is 0.348 e. The lowest BCUT2D eigenvalue weighted by atomic mass is 9.94. The van der Waals surface area contributed by atoms with E-state index in [1.165, 1.54) is 5.56 Å². The second kappa shape index (κ2) is 6.01. The van der Waals surface area contributed by atoms with E-state index < -0.39 is 0 Å². The summed E-state index contributed by atoms with van der Waals surface area (Å²) in [5, 5.41) is 6.45. The lowest BCUT2D eigenvalue weighted by Crippen LogP contribution is -2.50. The standard InChI is InChI=1S/C15H22N2O/c1-3-12-4-6-13(7-5-12)15(18)17-14-10-16-9-8-11(14)2/h4-7,11,14,16H,3,8-10H2,1-2H3,(H,17,18). The van der Waals surface area contributed by atoms with Gasteiger partial charge in [-0.25, -0.2) is 0 Å². The maximum atomic E-state index is 12.1. The number of carbonyl (C=O) groups is 1. The van der Waals surface area contributed by atoms with Crippen molar-refractivity contribution in [3.05, 3.63) is 35.4 Å². The smallest absolute Gasteiger partial charge is 0.251 e. The van der Waals surface area contributed by atoms with Crippen LogP contribution < -0.4 is 10.6 Å². The molecule has 2 rings (SSSR count). The Balaban J connectivity index is 1.97. The molecule has 1 heterocycles. The molecule has 0 spiro atoms. The second-order valence-corrected chi connectivity index (χ2v) is 5.10. The molecule has 3 nitrogen and oxygen atoms in total. The fraction of sp³-hybridized carbons (Fsp3) is 0.533. The van der Waals surface area contributed by atoms with Crippen molar-refractivity contribution in [2.75, 3.05) is 13.1 Å². The van der Waals surface area contributed by atoms with Gasteiger partial charge in [-0.15, -0.1) is 0 Å². The average molecular weight is 246 g/mol. The Labute approximate surface area is 109 Å². The number of benzene rings is 1. The highest BCUT2D eigenvalue weighted by molar-refractivity contribution is 5.94. The number of carbonyl (C=O) groups excluding carboxylic acids is 1. The van der Waals surface area contributed by atoms with Gasteiger partial charge >= 0.3 is 0 Å². The molecule has 18 heavy (non-hydrogen) atoms. The topological polar surface area (TPSA) is 41.1 Å². The molecule has 1 amide bonds. The number of rotatable bonds is 3. The van der Waals surface area contributed by atoms with Gasteiger partial charge in [0.2, 0.25) is 0 Å². The molecule has 2 atom stereocenters. The quantitative estimate of drug-likeness (QED) is 0.856. The molecule has 0 saturated carbocycles. The Morgan fingerprint density at radius 2 is 2.11 bits per heavy atom. The molecule has 1 aliphatic rings. The summed E-state index contributed by atoms with van der Waals surface area (Å²) in [5.41, 5.74) is 2.02. The molecule has 1 aromatic carbocycles. The third-order valence-electron chi connectivity index (χ3n) is 3.77. The number of nitrogens with one attached hydrogen (secondary N) is 2. The number of aryl methyl sites for hydroxylation is 1. The van der Waals surface area contributed by atoms with Crippen LogP contribution >= 0.6 is 0 Å². The number of hydrogen-bond acceptors (Lipinski definition) is 2. The number of hydrogen-bond donors (Lipinski definition) is 2. The van der Waals surface area contributed by atoms with Crippen molar-refractivity contribution in [2.24, 2.45) is 5.92 Å². The van der Waals surface area contributed by atoms with Crippen LogP contribution in [0.5, 0.6) is 0 Å². The molecule has 0 aliphatic carbocycles. The molecule has 1 fully saturated rings. The Kier molecular flexibility index (Phi) is 4.37. The summed E-state index contributed by atoms with van der Waals surface area (Å²) in [7, 11) is 0. The Hall–Kier alpha value is -1.35. The maximum Gasteiger partial charge on any atom is 0.251 e. The third-order valence-corrected chi connectivity index (χ3v) is 3.77. The monoisotopic (exact) mass is 246 g/mol. The Morgan fingerprint density at radius 1 is 1.39 bits per heavy atom. The molecule has 0 bridgehead atoms. The van der Waals surface area contributed by atoms with Crippen molar-refractivity contribution in [1.29, 1.82) is 0 Å². The van der Waals surface area contributed by atoms with Crippen LogP contribution in [0.15, 0.2) is 24.3 Å². The molecule has 2 N–H and O–H groups in total. The van der Waals surface area contributed by atoms with Crippen LogP contribution in [0.3, 0.4) is 0 Å². The van der Waals surface area contributed by atoms with Gasteiger partial charge in [0.05, 0.1) is 0 Å². The average Bonchev–Trinajstić information content (AvgIpc) is 2.41. The van der Waals surface area contributed by atoms with Crippen LogP contribution in [0.1, 0.15) is 36.2 Å². The molecule has 1 saturated heterocycles. The van der Waals surface area contributed by atoms with E-state index >= 15 is 0 Å². The van der Waals surface area contributed by atoms with Crippen LogP contribution in [0.25, 0.3) is 0 Å². The Morgan fingerprint density at radius 3 is 2.72 bits per heavy atom. The highest BCUT2D eigenvalue weighted by atomic mass is 16.1. The lowest BCUT2D eigenvalue weighted by molar-refractivity contribution is 0.0915. The van der Waals surface area contributed by atoms with Crippen molar-refractivity contribution in [2.45, 2.75) is 32.7 Å². The van der Waals surface area contributed by atoms with Crippen LogP contribution in [-0.4, -0.2) is 25.0 Å². The van der Waals surface area contributed by atoms with Gasteiger partial charge < -0.3 is 10.6 Å². The summed E-state index contributed by atoms with van der Waals surface area (Å²) in [5.74, 6) is 0.586. The van der Waals surface area contributed by atoms with Gasteiger partial charge in [0.25, 0.3) is 5.91 Å². The molecule has 0 radical (unpaired) electrons. The van der Waals surface area contributed by atoms with E-state index in [1.807, 2.05) is 24.3 Å². The second-order valence-electron chi connectivity index (χ2n) is 5.10. The van der Waals surface area contributed by atoms with Crippen molar-refractivity contribution < 1.29 is 4.79 Å². The predicted octanol–water partition coefficient (Wildman–Crippen LogP) is 1.98. The van der Waals surface area contributed by atoms with Crippen molar-refractivity contribution in [3.63, 3.8) is 0 Å². The van der Waals surface area contributed by atoms with Gasteiger partial charge in [-0.05, 0) is 43.0 Å². The van der Waals surface area contributed by atoms with Crippen molar-refractivity contribution in [3.8, 4) is 0 Å². The minimum Gasteiger partial charge on any atom is -0.348 e. The summed E-state index contributed by atoms with van der Waals surface area (Å²) in [6, 6.07) is 8.12. The first kappa shape index (κ1) is 13.1. The fourth-order valence-electron chi connectivity index (χ4n) is 2.33. The molecule has 0 aromatic heterocycles. The molecule has 2 unspecified atom stereocenters. The van der Waals surface area contributed by atoms with E-state index in [1.54, 1.807) is 0 Å². The first-order valence-corrected chi connectivity index (χ1v) is 6.81. The maximum absolute atomic E-state index is 12.1. The van der Waals surface area contributed by atoms with Crippen LogP contribution in [0, 0.1) is 5.92 Å². The minimum absolute atomic E-state index is 0.0400. The highest BCUT2D eigenvalue weighted by Gasteiger charge is 2.22. The highest BCUT2D eigenvalue weighted by Crippen LogP contribution is 2.12. The van der Waals surface area contributed by atoms with Gasteiger partial charge in [0, 0.05) is 18.2 Å².